The van der Waals surface area contributed by atoms with Crippen LogP contribution in [-0.2, 0) is 23.1 Å². The van der Waals surface area contributed by atoms with Crippen molar-refractivity contribution in [2.24, 2.45) is 0 Å². The van der Waals surface area contributed by atoms with Crippen LogP contribution < -0.4 is 0 Å². The topological polar surface area (TPSA) is 40.5 Å². The molecule has 1 N–H and O–H groups in total. The zero-order valence-electron chi connectivity index (χ0n) is 16.2. The first-order chi connectivity index (χ1) is 13.6. The lowest BCUT2D eigenvalue weighted by molar-refractivity contribution is -0.133. The van der Waals surface area contributed by atoms with Crippen LogP contribution in [0.1, 0.15) is 47.9 Å². The van der Waals surface area contributed by atoms with E-state index < -0.39 is 5.97 Å². The molecule has 2 aromatic rings. The largest absolute Gasteiger partial charge is 0.478 e. The number of aliphatic carboxylic acids is 1. The van der Waals surface area contributed by atoms with Crippen LogP contribution in [0.4, 0.5) is 0 Å². The Morgan fingerprint density at radius 2 is 1.79 bits per heavy atom. The molecule has 2 unspecified atom stereocenters. The standard InChI is InChI=1S/C25H27NO2/c27-24(28)21-9-5-13-26(17-21)22-11-12-25(16-22)15-20-8-2-1-6-18(20)14-19-7-3-4-10-23(19)25/h1-4,6-10,22H,5,11-17H2,(H,27,28). The molecular formula is C25H27NO2. The Morgan fingerprint density at radius 1 is 1.04 bits per heavy atom. The Kier molecular flexibility index (Phi) is 4.36. The molecule has 0 saturated heterocycles. The highest BCUT2D eigenvalue weighted by atomic mass is 16.4. The molecule has 0 amide bonds. The Bertz CT molecular complexity index is 947. The van der Waals surface area contributed by atoms with E-state index in [4.69, 9.17) is 0 Å². The SMILES string of the molecule is O=C(O)C1=CCCN(C2CCC3(Cc4ccccc4Cc4ccccc43)C2)C1. The molecule has 0 aromatic heterocycles. The van der Waals surface area contributed by atoms with Gasteiger partial charge in [-0.2, -0.15) is 0 Å². The number of carbonyl (C=O) groups is 1. The molecule has 1 saturated carbocycles. The van der Waals surface area contributed by atoms with E-state index in [1.807, 2.05) is 6.08 Å². The Balaban J connectivity index is 1.48. The van der Waals surface area contributed by atoms with Crippen molar-refractivity contribution in [1.29, 1.82) is 0 Å². The molecule has 3 heteroatoms. The fourth-order valence-electron chi connectivity index (χ4n) is 5.81. The molecule has 2 aromatic carbocycles. The van der Waals surface area contributed by atoms with E-state index in [9.17, 15) is 9.90 Å². The van der Waals surface area contributed by atoms with Crippen LogP contribution in [0.5, 0.6) is 0 Å². The number of carboxylic acid groups (broad SMARTS) is 1. The van der Waals surface area contributed by atoms with Crippen molar-refractivity contribution in [3.05, 3.63) is 82.4 Å². The van der Waals surface area contributed by atoms with E-state index in [0.717, 1.165) is 38.6 Å². The normalized spacial score (nSPS) is 27.0. The molecule has 3 aliphatic rings. The maximum atomic E-state index is 11.5. The van der Waals surface area contributed by atoms with Crippen molar-refractivity contribution in [3.8, 4) is 0 Å². The molecule has 28 heavy (non-hydrogen) atoms. The summed E-state index contributed by atoms with van der Waals surface area (Å²) in [6.45, 7) is 1.57. The first kappa shape index (κ1) is 17.7. The molecule has 0 bridgehead atoms. The van der Waals surface area contributed by atoms with Gasteiger partial charge in [-0.3, -0.25) is 4.90 Å². The molecule has 1 fully saturated rings. The third-order valence-corrected chi connectivity index (χ3v) is 7.17. The van der Waals surface area contributed by atoms with Gasteiger partial charge in [0.1, 0.15) is 0 Å². The number of carboxylic acids is 1. The van der Waals surface area contributed by atoms with Crippen LogP contribution in [-0.4, -0.2) is 35.1 Å². The number of fused-ring (bicyclic) bond motifs is 3. The quantitative estimate of drug-likeness (QED) is 0.851. The first-order valence-electron chi connectivity index (χ1n) is 10.5. The highest BCUT2D eigenvalue weighted by Gasteiger charge is 2.45. The number of hydrogen-bond acceptors (Lipinski definition) is 2. The van der Waals surface area contributed by atoms with Gasteiger partial charge in [0, 0.05) is 30.1 Å². The van der Waals surface area contributed by atoms with Gasteiger partial charge >= 0.3 is 5.97 Å². The van der Waals surface area contributed by atoms with E-state index in [0.29, 0.717) is 18.2 Å². The van der Waals surface area contributed by atoms with Crippen molar-refractivity contribution in [2.75, 3.05) is 13.1 Å². The van der Waals surface area contributed by atoms with Gasteiger partial charge in [0.25, 0.3) is 0 Å². The molecule has 1 heterocycles. The van der Waals surface area contributed by atoms with Crippen LogP contribution >= 0.6 is 0 Å². The minimum absolute atomic E-state index is 0.179. The lowest BCUT2D eigenvalue weighted by Crippen LogP contribution is -2.40. The summed E-state index contributed by atoms with van der Waals surface area (Å²) < 4.78 is 0. The van der Waals surface area contributed by atoms with E-state index in [2.05, 4.69) is 53.4 Å². The zero-order chi connectivity index (χ0) is 19.1. The summed E-state index contributed by atoms with van der Waals surface area (Å²) in [5, 5.41) is 9.42. The molecule has 5 rings (SSSR count). The lowest BCUT2D eigenvalue weighted by atomic mass is 9.73. The monoisotopic (exact) mass is 373 g/mol. The maximum absolute atomic E-state index is 11.5. The van der Waals surface area contributed by atoms with Gasteiger partial charge < -0.3 is 5.11 Å². The van der Waals surface area contributed by atoms with Crippen molar-refractivity contribution >= 4 is 5.97 Å². The Morgan fingerprint density at radius 3 is 2.61 bits per heavy atom. The van der Waals surface area contributed by atoms with Crippen LogP contribution in [0.3, 0.4) is 0 Å². The maximum Gasteiger partial charge on any atom is 0.332 e. The summed E-state index contributed by atoms with van der Waals surface area (Å²) in [4.78, 5) is 13.9. The number of benzene rings is 2. The Hall–Kier alpha value is -2.39. The second-order valence-electron chi connectivity index (χ2n) is 8.75. The number of hydrogen-bond donors (Lipinski definition) is 1. The van der Waals surface area contributed by atoms with Gasteiger partial charge in [-0.15, -0.1) is 0 Å². The molecule has 0 radical (unpaired) electrons. The van der Waals surface area contributed by atoms with Crippen LogP contribution in [0.25, 0.3) is 0 Å². The van der Waals surface area contributed by atoms with Crippen molar-refractivity contribution in [2.45, 2.75) is 50.0 Å². The number of nitrogens with zero attached hydrogens (tertiary/aromatic N) is 1. The predicted octanol–water partition coefficient (Wildman–Crippen LogP) is 4.34. The van der Waals surface area contributed by atoms with Crippen molar-refractivity contribution in [1.82, 2.24) is 4.90 Å². The van der Waals surface area contributed by atoms with Crippen LogP contribution in [0.2, 0.25) is 0 Å². The van der Waals surface area contributed by atoms with Gasteiger partial charge in [-0.05, 0) is 60.8 Å². The van der Waals surface area contributed by atoms with E-state index in [1.165, 1.54) is 28.7 Å². The minimum Gasteiger partial charge on any atom is -0.478 e. The summed E-state index contributed by atoms with van der Waals surface area (Å²) in [7, 11) is 0. The average molecular weight is 373 g/mol. The zero-order valence-corrected chi connectivity index (χ0v) is 16.2. The molecule has 1 spiro atoms. The van der Waals surface area contributed by atoms with Crippen molar-refractivity contribution < 1.29 is 9.90 Å². The average Bonchev–Trinajstić information content (AvgIpc) is 3.09. The molecular weight excluding hydrogens is 346 g/mol. The minimum atomic E-state index is -0.758. The molecule has 2 aliphatic carbocycles. The van der Waals surface area contributed by atoms with Crippen LogP contribution in [0.15, 0.2) is 60.2 Å². The summed E-state index contributed by atoms with van der Waals surface area (Å²) >= 11 is 0. The van der Waals surface area contributed by atoms with E-state index >= 15 is 0 Å². The highest BCUT2D eigenvalue weighted by molar-refractivity contribution is 5.87. The molecule has 2 atom stereocenters. The summed E-state index contributed by atoms with van der Waals surface area (Å²) in [5.41, 5.74) is 6.70. The van der Waals surface area contributed by atoms with Gasteiger partial charge in [0.15, 0.2) is 0 Å². The summed E-state index contributed by atoms with van der Waals surface area (Å²) in [6.07, 6.45) is 8.35. The molecule has 144 valence electrons. The van der Waals surface area contributed by atoms with Crippen molar-refractivity contribution in [3.63, 3.8) is 0 Å². The molecule has 1 aliphatic heterocycles. The second-order valence-corrected chi connectivity index (χ2v) is 8.75. The molecule has 3 nitrogen and oxygen atoms in total. The highest BCUT2D eigenvalue weighted by Crippen LogP contribution is 2.49. The summed E-state index contributed by atoms with van der Waals surface area (Å²) in [5.74, 6) is -0.758. The lowest BCUT2D eigenvalue weighted by Gasteiger charge is -2.35. The van der Waals surface area contributed by atoms with Crippen LogP contribution in [0, 0.1) is 0 Å². The fourth-order valence-corrected chi connectivity index (χ4v) is 5.81. The van der Waals surface area contributed by atoms with Gasteiger partial charge in [-0.25, -0.2) is 4.79 Å². The summed E-state index contributed by atoms with van der Waals surface area (Å²) in [6, 6.07) is 18.4. The Labute approximate surface area is 166 Å². The fraction of sp³-hybridized carbons (Fsp3) is 0.400. The van der Waals surface area contributed by atoms with E-state index in [-0.39, 0.29) is 5.41 Å². The van der Waals surface area contributed by atoms with Gasteiger partial charge in [0.2, 0.25) is 0 Å². The third kappa shape index (κ3) is 2.98. The first-order valence-corrected chi connectivity index (χ1v) is 10.5. The second kappa shape index (κ2) is 6.89. The smallest absolute Gasteiger partial charge is 0.332 e. The predicted molar refractivity (Wildman–Crippen MR) is 111 cm³/mol. The van der Waals surface area contributed by atoms with Gasteiger partial charge in [-0.1, -0.05) is 54.6 Å². The van der Waals surface area contributed by atoms with Gasteiger partial charge in [0.05, 0.1) is 0 Å². The number of rotatable bonds is 2. The third-order valence-electron chi connectivity index (χ3n) is 7.17. The van der Waals surface area contributed by atoms with E-state index in [1.54, 1.807) is 0 Å².